The van der Waals surface area contributed by atoms with Crippen molar-refractivity contribution in [2.75, 3.05) is 39.3 Å². The summed E-state index contributed by atoms with van der Waals surface area (Å²) >= 11 is 0. The van der Waals surface area contributed by atoms with Crippen molar-refractivity contribution in [1.82, 2.24) is 25.3 Å². The third kappa shape index (κ3) is 4.01. The first kappa shape index (κ1) is 16.7. The maximum Gasteiger partial charge on any atom is 0.254 e. The molecular weight excluding hydrogens is 302 g/mol. The van der Waals surface area contributed by atoms with Crippen LogP contribution in [0, 0.1) is 6.92 Å². The molecule has 1 aliphatic heterocycles. The van der Waals surface area contributed by atoms with Crippen LogP contribution in [0.3, 0.4) is 0 Å². The molecule has 0 spiro atoms. The number of benzene rings is 1. The molecule has 1 aliphatic rings. The zero-order valence-corrected chi connectivity index (χ0v) is 14.2. The van der Waals surface area contributed by atoms with Crippen LogP contribution in [0.4, 0.5) is 0 Å². The highest BCUT2D eigenvalue weighted by molar-refractivity contribution is 5.95. The third-order valence-corrected chi connectivity index (χ3v) is 4.40. The van der Waals surface area contributed by atoms with Gasteiger partial charge in [-0.3, -0.25) is 4.79 Å². The van der Waals surface area contributed by atoms with Crippen molar-refractivity contribution in [2.24, 2.45) is 0 Å². The number of nitrogens with zero attached hydrogens (tertiary/aromatic N) is 3. The number of amides is 1. The normalized spacial score (nSPS) is 15.4. The largest absolute Gasteiger partial charge is 0.352 e. The Labute approximate surface area is 142 Å². The average Bonchev–Trinajstić information content (AvgIpc) is 3.02. The quantitative estimate of drug-likeness (QED) is 0.783. The molecule has 1 fully saturated rings. The van der Waals surface area contributed by atoms with Gasteiger partial charge >= 0.3 is 0 Å². The second kappa shape index (κ2) is 8.08. The Bertz CT molecular complexity index is 661. The van der Waals surface area contributed by atoms with Crippen molar-refractivity contribution in [3.05, 3.63) is 47.8 Å². The van der Waals surface area contributed by atoms with Crippen molar-refractivity contribution in [1.29, 1.82) is 0 Å². The Morgan fingerprint density at radius 1 is 1.25 bits per heavy atom. The first-order valence-electron chi connectivity index (χ1n) is 8.57. The van der Waals surface area contributed by atoms with E-state index >= 15 is 0 Å². The van der Waals surface area contributed by atoms with Gasteiger partial charge in [0.25, 0.3) is 5.91 Å². The molecule has 0 radical (unpaired) electrons. The second-order valence-corrected chi connectivity index (χ2v) is 6.09. The summed E-state index contributed by atoms with van der Waals surface area (Å²) in [4.78, 5) is 14.8. The van der Waals surface area contributed by atoms with Crippen LogP contribution in [-0.4, -0.2) is 59.9 Å². The van der Waals surface area contributed by atoms with Crippen molar-refractivity contribution in [3.8, 4) is 5.69 Å². The zero-order valence-electron chi connectivity index (χ0n) is 14.2. The summed E-state index contributed by atoms with van der Waals surface area (Å²) in [6.07, 6.45) is 2.62. The Kier molecular flexibility index (Phi) is 5.61. The lowest BCUT2D eigenvalue weighted by molar-refractivity contribution is 0.0950. The number of hydrogen-bond acceptors (Lipinski definition) is 4. The first-order chi connectivity index (χ1) is 11.8. The van der Waals surface area contributed by atoms with Gasteiger partial charge < -0.3 is 15.5 Å². The number of piperazine rings is 1. The van der Waals surface area contributed by atoms with E-state index in [2.05, 4.69) is 20.6 Å². The topological polar surface area (TPSA) is 62.2 Å². The highest BCUT2D eigenvalue weighted by Gasteiger charge is 2.15. The molecule has 0 saturated carbocycles. The second-order valence-electron chi connectivity index (χ2n) is 6.09. The molecule has 1 amide bonds. The zero-order chi connectivity index (χ0) is 16.8. The first-order valence-corrected chi connectivity index (χ1v) is 8.57. The molecule has 24 heavy (non-hydrogen) atoms. The fourth-order valence-electron chi connectivity index (χ4n) is 3.00. The van der Waals surface area contributed by atoms with Gasteiger partial charge in [-0.1, -0.05) is 18.2 Å². The summed E-state index contributed by atoms with van der Waals surface area (Å²) in [5, 5.41) is 10.7. The van der Waals surface area contributed by atoms with E-state index in [1.54, 1.807) is 10.9 Å². The van der Waals surface area contributed by atoms with Gasteiger partial charge in [0.1, 0.15) is 0 Å². The molecule has 3 rings (SSSR count). The number of nitrogens with one attached hydrogen (secondary N) is 2. The smallest absolute Gasteiger partial charge is 0.254 e. The molecule has 6 heteroatoms. The van der Waals surface area contributed by atoms with Gasteiger partial charge in [-0.25, -0.2) is 4.68 Å². The summed E-state index contributed by atoms with van der Waals surface area (Å²) < 4.78 is 1.80. The maximum atomic E-state index is 12.4. The molecule has 2 heterocycles. The summed E-state index contributed by atoms with van der Waals surface area (Å²) in [6.45, 7) is 7.96. The Balaban J connectivity index is 1.51. The summed E-state index contributed by atoms with van der Waals surface area (Å²) in [6, 6.07) is 9.86. The third-order valence-electron chi connectivity index (χ3n) is 4.40. The monoisotopic (exact) mass is 327 g/mol. The molecule has 128 valence electrons. The number of aromatic nitrogens is 2. The minimum absolute atomic E-state index is 0.0463. The van der Waals surface area contributed by atoms with Crippen molar-refractivity contribution < 1.29 is 4.79 Å². The molecule has 1 aromatic carbocycles. The van der Waals surface area contributed by atoms with Crippen LogP contribution in [0.1, 0.15) is 22.5 Å². The lowest BCUT2D eigenvalue weighted by Gasteiger charge is -2.27. The molecule has 0 unspecified atom stereocenters. The Hall–Kier alpha value is -2.18. The Morgan fingerprint density at radius 3 is 2.75 bits per heavy atom. The van der Waals surface area contributed by atoms with E-state index in [4.69, 9.17) is 0 Å². The van der Waals surface area contributed by atoms with Crippen LogP contribution in [0.2, 0.25) is 0 Å². The van der Waals surface area contributed by atoms with E-state index in [0.29, 0.717) is 12.1 Å². The van der Waals surface area contributed by atoms with Crippen molar-refractivity contribution in [2.45, 2.75) is 13.3 Å². The number of carbonyl (C=O) groups is 1. The SMILES string of the molecule is Cc1c(C(=O)NCCCN2CCNCC2)cnn1-c1ccccc1. The van der Waals surface area contributed by atoms with E-state index in [9.17, 15) is 4.79 Å². The molecular formula is C18H25N5O. The average molecular weight is 327 g/mol. The maximum absolute atomic E-state index is 12.4. The standard InChI is InChI=1S/C18H25N5O/c1-15-17(14-21-23(15)16-6-3-2-4-7-16)18(24)20-8-5-11-22-12-9-19-10-13-22/h2-4,6-7,14,19H,5,8-13H2,1H3,(H,20,24). The van der Waals surface area contributed by atoms with E-state index in [1.165, 1.54) is 0 Å². The van der Waals surface area contributed by atoms with Crippen LogP contribution in [-0.2, 0) is 0 Å². The Morgan fingerprint density at radius 2 is 2.00 bits per heavy atom. The number of para-hydroxylation sites is 1. The minimum atomic E-state index is -0.0463. The van der Waals surface area contributed by atoms with Crippen molar-refractivity contribution >= 4 is 5.91 Å². The minimum Gasteiger partial charge on any atom is -0.352 e. The van der Waals surface area contributed by atoms with Gasteiger partial charge in [-0.05, 0) is 32.0 Å². The summed E-state index contributed by atoms with van der Waals surface area (Å²) in [5.74, 6) is -0.0463. The molecule has 1 aromatic heterocycles. The fourth-order valence-corrected chi connectivity index (χ4v) is 3.00. The van der Waals surface area contributed by atoms with Crippen LogP contribution < -0.4 is 10.6 Å². The van der Waals surface area contributed by atoms with Crippen LogP contribution in [0.5, 0.6) is 0 Å². The lowest BCUT2D eigenvalue weighted by atomic mass is 10.2. The van der Waals surface area contributed by atoms with Crippen LogP contribution in [0.15, 0.2) is 36.5 Å². The van der Waals surface area contributed by atoms with E-state index < -0.39 is 0 Å². The molecule has 2 N–H and O–H groups in total. The summed E-state index contributed by atoms with van der Waals surface area (Å²) in [7, 11) is 0. The molecule has 2 aromatic rings. The lowest BCUT2D eigenvalue weighted by Crippen LogP contribution is -2.44. The van der Waals surface area contributed by atoms with Gasteiger partial charge in [0, 0.05) is 32.7 Å². The highest BCUT2D eigenvalue weighted by atomic mass is 16.1. The summed E-state index contributed by atoms with van der Waals surface area (Å²) in [5.41, 5.74) is 2.47. The van der Waals surface area contributed by atoms with Crippen LogP contribution in [0.25, 0.3) is 5.69 Å². The van der Waals surface area contributed by atoms with Crippen molar-refractivity contribution in [3.63, 3.8) is 0 Å². The van der Waals surface area contributed by atoms with Gasteiger partial charge in [0.05, 0.1) is 23.1 Å². The molecule has 1 saturated heterocycles. The predicted octanol–water partition coefficient (Wildman–Crippen LogP) is 1.21. The fraction of sp³-hybridized carbons (Fsp3) is 0.444. The number of hydrogen-bond donors (Lipinski definition) is 2. The molecule has 0 atom stereocenters. The molecule has 0 aliphatic carbocycles. The molecule has 6 nitrogen and oxygen atoms in total. The molecule has 0 bridgehead atoms. The number of rotatable bonds is 6. The van der Waals surface area contributed by atoms with E-state index in [1.807, 2.05) is 37.3 Å². The van der Waals surface area contributed by atoms with Gasteiger partial charge in [0.15, 0.2) is 0 Å². The van der Waals surface area contributed by atoms with Gasteiger partial charge in [0.2, 0.25) is 0 Å². The predicted molar refractivity (Wildman–Crippen MR) is 94.6 cm³/mol. The van der Waals surface area contributed by atoms with E-state index in [0.717, 1.165) is 50.5 Å². The van der Waals surface area contributed by atoms with E-state index in [-0.39, 0.29) is 5.91 Å². The van der Waals surface area contributed by atoms with Crippen LogP contribution >= 0.6 is 0 Å². The van der Waals surface area contributed by atoms with Gasteiger partial charge in [-0.2, -0.15) is 5.10 Å². The highest BCUT2D eigenvalue weighted by Crippen LogP contribution is 2.13. The van der Waals surface area contributed by atoms with Gasteiger partial charge in [-0.15, -0.1) is 0 Å². The number of carbonyl (C=O) groups excluding carboxylic acids is 1.